The van der Waals surface area contributed by atoms with Crippen molar-refractivity contribution in [3.8, 4) is 0 Å². The molecule has 1 amide bonds. The highest BCUT2D eigenvalue weighted by Gasteiger charge is 2.03. The fourth-order valence-electron chi connectivity index (χ4n) is 1.67. The van der Waals surface area contributed by atoms with E-state index in [0.29, 0.717) is 5.82 Å². The highest BCUT2D eigenvalue weighted by Crippen LogP contribution is 2.20. The lowest BCUT2D eigenvalue weighted by molar-refractivity contribution is -0.114. The average molecular weight is 256 g/mol. The van der Waals surface area contributed by atoms with E-state index in [1.165, 1.54) is 6.92 Å². The molecule has 0 unspecified atom stereocenters. The van der Waals surface area contributed by atoms with Gasteiger partial charge in [-0.25, -0.2) is 9.97 Å². The predicted molar refractivity (Wildman–Crippen MR) is 75.5 cm³/mol. The minimum absolute atomic E-state index is 0.0915. The van der Waals surface area contributed by atoms with Gasteiger partial charge in [0.1, 0.15) is 11.6 Å². The van der Waals surface area contributed by atoms with Crippen LogP contribution in [0, 0.1) is 13.8 Å². The molecule has 98 valence electrons. The molecule has 1 aromatic heterocycles. The number of amides is 1. The van der Waals surface area contributed by atoms with E-state index < -0.39 is 0 Å². The van der Waals surface area contributed by atoms with Crippen molar-refractivity contribution in [3.05, 3.63) is 41.9 Å². The van der Waals surface area contributed by atoms with Crippen molar-refractivity contribution in [1.82, 2.24) is 9.97 Å². The van der Waals surface area contributed by atoms with Crippen LogP contribution in [0.4, 0.5) is 17.2 Å². The second-order valence-corrected chi connectivity index (χ2v) is 4.34. The van der Waals surface area contributed by atoms with Gasteiger partial charge in [0.25, 0.3) is 0 Å². The summed E-state index contributed by atoms with van der Waals surface area (Å²) in [6.07, 6.45) is 1.78. The molecule has 0 bridgehead atoms. The molecule has 0 fully saturated rings. The van der Waals surface area contributed by atoms with Gasteiger partial charge in [-0.05, 0) is 32.0 Å². The zero-order chi connectivity index (χ0) is 13.8. The number of benzene rings is 1. The van der Waals surface area contributed by atoms with Gasteiger partial charge in [-0.3, -0.25) is 4.79 Å². The number of nitrogens with one attached hydrogen (secondary N) is 2. The van der Waals surface area contributed by atoms with Gasteiger partial charge < -0.3 is 10.6 Å². The normalized spacial score (nSPS) is 10.1. The van der Waals surface area contributed by atoms with Gasteiger partial charge in [0.05, 0.1) is 0 Å². The standard InChI is InChI=1S/C14H16N4O/c1-9-8-15-10(2)16-14(9)18-13-6-4-5-12(7-13)17-11(3)19/h4-8H,1-3H3,(H,17,19)(H,15,16,18). The molecule has 5 nitrogen and oxygen atoms in total. The molecular weight excluding hydrogens is 240 g/mol. The quantitative estimate of drug-likeness (QED) is 0.886. The maximum atomic E-state index is 11.0. The van der Waals surface area contributed by atoms with Gasteiger partial charge in [0, 0.05) is 30.1 Å². The number of hydrogen-bond acceptors (Lipinski definition) is 4. The molecular formula is C14H16N4O. The molecule has 5 heteroatoms. The van der Waals surface area contributed by atoms with Crippen LogP contribution in [-0.4, -0.2) is 15.9 Å². The molecule has 2 rings (SSSR count). The molecule has 0 saturated heterocycles. The molecule has 0 saturated carbocycles. The monoisotopic (exact) mass is 256 g/mol. The van der Waals surface area contributed by atoms with E-state index in [4.69, 9.17) is 0 Å². The summed E-state index contributed by atoms with van der Waals surface area (Å²) < 4.78 is 0. The summed E-state index contributed by atoms with van der Waals surface area (Å²) in [4.78, 5) is 19.5. The first-order valence-electron chi connectivity index (χ1n) is 5.99. The van der Waals surface area contributed by atoms with E-state index in [-0.39, 0.29) is 5.91 Å². The maximum absolute atomic E-state index is 11.0. The van der Waals surface area contributed by atoms with Crippen LogP contribution in [0.15, 0.2) is 30.5 Å². The first-order valence-corrected chi connectivity index (χ1v) is 5.99. The van der Waals surface area contributed by atoms with Gasteiger partial charge in [0.2, 0.25) is 5.91 Å². The summed E-state index contributed by atoms with van der Waals surface area (Å²) in [5.74, 6) is 1.39. The third-order valence-electron chi connectivity index (χ3n) is 2.54. The summed E-state index contributed by atoms with van der Waals surface area (Å²) in [7, 11) is 0. The van der Waals surface area contributed by atoms with Gasteiger partial charge in [-0.15, -0.1) is 0 Å². The zero-order valence-electron chi connectivity index (χ0n) is 11.2. The van der Waals surface area contributed by atoms with Crippen LogP contribution in [0.5, 0.6) is 0 Å². The summed E-state index contributed by atoms with van der Waals surface area (Å²) in [5, 5.41) is 5.97. The highest BCUT2D eigenvalue weighted by atomic mass is 16.1. The molecule has 2 aromatic rings. The number of aromatic nitrogens is 2. The van der Waals surface area contributed by atoms with E-state index in [9.17, 15) is 4.79 Å². The van der Waals surface area contributed by atoms with Crippen molar-refractivity contribution < 1.29 is 4.79 Å². The first kappa shape index (κ1) is 13.0. The number of hydrogen-bond donors (Lipinski definition) is 2. The molecule has 0 aliphatic carbocycles. The Kier molecular flexibility index (Phi) is 3.75. The Labute approximate surface area is 112 Å². The van der Waals surface area contributed by atoms with Crippen LogP contribution in [0.2, 0.25) is 0 Å². The van der Waals surface area contributed by atoms with Gasteiger partial charge in [-0.1, -0.05) is 6.07 Å². The van der Waals surface area contributed by atoms with Crippen molar-refractivity contribution >= 4 is 23.1 Å². The van der Waals surface area contributed by atoms with Crippen LogP contribution in [0.1, 0.15) is 18.3 Å². The lowest BCUT2D eigenvalue weighted by Crippen LogP contribution is -2.06. The topological polar surface area (TPSA) is 66.9 Å². The van der Waals surface area contributed by atoms with Crippen LogP contribution >= 0.6 is 0 Å². The Morgan fingerprint density at radius 2 is 1.95 bits per heavy atom. The van der Waals surface area contributed by atoms with Gasteiger partial charge in [-0.2, -0.15) is 0 Å². The van der Waals surface area contributed by atoms with Crippen molar-refractivity contribution in [2.75, 3.05) is 10.6 Å². The van der Waals surface area contributed by atoms with Crippen LogP contribution in [0.25, 0.3) is 0 Å². The van der Waals surface area contributed by atoms with Gasteiger partial charge >= 0.3 is 0 Å². The molecule has 1 heterocycles. The number of rotatable bonds is 3. The molecule has 0 aliphatic heterocycles. The van der Waals surface area contributed by atoms with E-state index in [0.717, 1.165) is 22.8 Å². The number of carbonyl (C=O) groups excluding carboxylic acids is 1. The fraction of sp³-hybridized carbons (Fsp3) is 0.214. The predicted octanol–water partition coefficient (Wildman–Crippen LogP) is 2.80. The summed E-state index contributed by atoms with van der Waals surface area (Å²) in [6.45, 7) is 5.27. The van der Waals surface area contributed by atoms with E-state index in [1.807, 2.05) is 38.1 Å². The second kappa shape index (κ2) is 5.48. The Morgan fingerprint density at radius 1 is 1.21 bits per heavy atom. The SMILES string of the molecule is CC(=O)Nc1cccc(Nc2nc(C)ncc2C)c1. The third kappa shape index (κ3) is 3.51. The molecule has 19 heavy (non-hydrogen) atoms. The molecule has 0 spiro atoms. The molecule has 2 N–H and O–H groups in total. The van der Waals surface area contributed by atoms with Crippen molar-refractivity contribution in [2.45, 2.75) is 20.8 Å². The minimum atomic E-state index is -0.0915. The minimum Gasteiger partial charge on any atom is -0.340 e. The maximum Gasteiger partial charge on any atom is 0.221 e. The van der Waals surface area contributed by atoms with Crippen molar-refractivity contribution in [2.24, 2.45) is 0 Å². The Hall–Kier alpha value is -2.43. The Bertz CT molecular complexity index is 610. The number of nitrogens with zero attached hydrogens (tertiary/aromatic N) is 2. The van der Waals surface area contributed by atoms with Gasteiger partial charge in [0.15, 0.2) is 0 Å². The molecule has 0 radical (unpaired) electrons. The van der Waals surface area contributed by atoms with Crippen LogP contribution < -0.4 is 10.6 Å². The lowest BCUT2D eigenvalue weighted by Gasteiger charge is -2.10. The number of carbonyl (C=O) groups is 1. The van der Waals surface area contributed by atoms with Crippen LogP contribution in [0.3, 0.4) is 0 Å². The summed E-state index contributed by atoms with van der Waals surface area (Å²) in [6, 6.07) is 7.49. The summed E-state index contributed by atoms with van der Waals surface area (Å²) >= 11 is 0. The van der Waals surface area contributed by atoms with Crippen molar-refractivity contribution in [1.29, 1.82) is 0 Å². The van der Waals surface area contributed by atoms with Crippen molar-refractivity contribution in [3.63, 3.8) is 0 Å². The van der Waals surface area contributed by atoms with E-state index in [1.54, 1.807) is 6.20 Å². The third-order valence-corrected chi connectivity index (χ3v) is 2.54. The number of aryl methyl sites for hydroxylation is 2. The average Bonchev–Trinajstić information content (AvgIpc) is 2.33. The van der Waals surface area contributed by atoms with E-state index >= 15 is 0 Å². The summed E-state index contributed by atoms with van der Waals surface area (Å²) in [5.41, 5.74) is 2.59. The highest BCUT2D eigenvalue weighted by molar-refractivity contribution is 5.89. The Morgan fingerprint density at radius 3 is 2.68 bits per heavy atom. The molecule has 1 aromatic carbocycles. The molecule has 0 aliphatic rings. The second-order valence-electron chi connectivity index (χ2n) is 4.34. The Balaban J connectivity index is 2.23. The van der Waals surface area contributed by atoms with Crippen LogP contribution in [-0.2, 0) is 4.79 Å². The molecule has 0 atom stereocenters. The zero-order valence-corrected chi connectivity index (χ0v) is 11.2. The lowest BCUT2D eigenvalue weighted by atomic mass is 10.2. The largest absolute Gasteiger partial charge is 0.340 e. The van der Waals surface area contributed by atoms with E-state index in [2.05, 4.69) is 20.6 Å². The smallest absolute Gasteiger partial charge is 0.221 e. The number of anilines is 3. The first-order chi connectivity index (χ1) is 9.04. The fourth-order valence-corrected chi connectivity index (χ4v) is 1.67.